The maximum Gasteiger partial charge on any atom is 0.0700 e. The Morgan fingerprint density at radius 3 is 2.29 bits per heavy atom. The molecule has 1 aliphatic rings. The van der Waals surface area contributed by atoms with Crippen LogP contribution in [0.15, 0.2) is 0 Å². The summed E-state index contributed by atoms with van der Waals surface area (Å²) in [4.78, 5) is 0. The smallest absolute Gasteiger partial charge is 0.0700 e. The SMILES string of the molecule is CCC(CC)(CC)NCC1CCCO1. The molecule has 0 aromatic rings. The summed E-state index contributed by atoms with van der Waals surface area (Å²) in [6.07, 6.45) is 6.59. The third kappa shape index (κ3) is 2.96. The van der Waals surface area contributed by atoms with Crippen molar-refractivity contribution < 1.29 is 4.74 Å². The standard InChI is InChI=1S/C12H25NO/c1-4-12(5-2,6-3)13-10-11-8-7-9-14-11/h11,13H,4-10H2,1-3H3. The Hall–Kier alpha value is -0.0800. The van der Waals surface area contributed by atoms with Crippen molar-refractivity contribution in [2.24, 2.45) is 0 Å². The van der Waals surface area contributed by atoms with Gasteiger partial charge in [0.15, 0.2) is 0 Å². The number of rotatable bonds is 6. The molecule has 0 aromatic carbocycles. The van der Waals surface area contributed by atoms with E-state index in [1.54, 1.807) is 0 Å². The van der Waals surface area contributed by atoms with Crippen LogP contribution in [0.2, 0.25) is 0 Å². The minimum Gasteiger partial charge on any atom is -0.377 e. The summed E-state index contributed by atoms with van der Waals surface area (Å²) in [5.41, 5.74) is 0.353. The first-order valence-electron chi connectivity index (χ1n) is 6.13. The summed E-state index contributed by atoms with van der Waals surface area (Å²) >= 11 is 0. The molecule has 1 unspecified atom stereocenters. The van der Waals surface area contributed by atoms with Crippen LogP contribution in [0, 0.1) is 0 Å². The summed E-state index contributed by atoms with van der Waals surface area (Å²) in [6, 6.07) is 0. The van der Waals surface area contributed by atoms with Crippen LogP contribution in [0.4, 0.5) is 0 Å². The maximum absolute atomic E-state index is 5.62. The molecule has 2 nitrogen and oxygen atoms in total. The molecule has 84 valence electrons. The van der Waals surface area contributed by atoms with E-state index in [1.165, 1.54) is 32.1 Å². The first-order chi connectivity index (χ1) is 6.76. The van der Waals surface area contributed by atoms with Crippen molar-refractivity contribution in [3.8, 4) is 0 Å². The van der Waals surface area contributed by atoms with Gasteiger partial charge in [-0.05, 0) is 32.1 Å². The Morgan fingerprint density at radius 2 is 1.86 bits per heavy atom. The van der Waals surface area contributed by atoms with Crippen molar-refractivity contribution in [2.45, 2.75) is 64.5 Å². The van der Waals surface area contributed by atoms with Crippen LogP contribution in [0.3, 0.4) is 0 Å². The van der Waals surface area contributed by atoms with Crippen LogP contribution in [0.1, 0.15) is 52.9 Å². The molecule has 1 rings (SSSR count). The summed E-state index contributed by atoms with van der Waals surface area (Å²) < 4.78 is 5.62. The lowest BCUT2D eigenvalue weighted by atomic mass is 9.89. The van der Waals surface area contributed by atoms with Crippen LogP contribution in [0.5, 0.6) is 0 Å². The van der Waals surface area contributed by atoms with E-state index in [2.05, 4.69) is 26.1 Å². The average Bonchev–Trinajstić information content (AvgIpc) is 2.74. The van der Waals surface area contributed by atoms with Crippen molar-refractivity contribution >= 4 is 0 Å². The fourth-order valence-electron chi connectivity index (χ4n) is 2.26. The van der Waals surface area contributed by atoms with E-state index in [0.717, 1.165) is 13.2 Å². The van der Waals surface area contributed by atoms with Gasteiger partial charge in [0.1, 0.15) is 0 Å². The van der Waals surface area contributed by atoms with Gasteiger partial charge in [-0.3, -0.25) is 0 Å². The maximum atomic E-state index is 5.62. The predicted octanol–water partition coefficient (Wildman–Crippen LogP) is 2.72. The van der Waals surface area contributed by atoms with E-state index in [4.69, 9.17) is 4.74 Å². The molecular weight excluding hydrogens is 174 g/mol. The third-order valence-electron chi connectivity index (χ3n) is 3.76. The van der Waals surface area contributed by atoms with Crippen LogP contribution < -0.4 is 5.32 Å². The quantitative estimate of drug-likeness (QED) is 0.710. The zero-order chi connectivity index (χ0) is 10.4. The molecule has 0 spiro atoms. The molecule has 1 heterocycles. The minimum absolute atomic E-state index is 0.353. The first-order valence-corrected chi connectivity index (χ1v) is 6.13. The molecule has 1 N–H and O–H groups in total. The van der Waals surface area contributed by atoms with Gasteiger partial charge in [0, 0.05) is 18.7 Å². The van der Waals surface area contributed by atoms with Gasteiger partial charge in [-0.1, -0.05) is 20.8 Å². The van der Waals surface area contributed by atoms with Crippen molar-refractivity contribution in [2.75, 3.05) is 13.2 Å². The summed E-state index contributed by atoms with van der Waals surface area (Å²) in [5.74, 6) is 0. The Morgan fingerprint density at radius 1 is 1.21 bits per heavy atom. The molecule has 0 radical (unpaired) electrons. The number of hydrogen-bond acceptors (Lipinski definition) is 2. The number of nitrogens with one attached hydrogen (secondary N) is 1. The van der Waals surface area contributed by atoms with Crippen LogP contribution in [-0.2, 0) is 4.74 Å². The van der Waals surface area contributed by atoms with Gasteiger partial charge in [-0.25, -0.2) is 0 Å². The van der Waals surface area contributed by atoms with E-state index in [9.17, 15) is 0 Å². The van der Waals surface area contributed by atoms with E-state index in [-0.39, 0.29) is 0 Å². The Bertz CT molecular complexity index is 140. The zero-order valence-electron chi connectivity index (χ0n) is 9.94. The Balaban J connectivity index is 2.31. The molecule has 1 aliphatic heterocycles. The second kappa shape index (κ2) is 5.72. The number of ether oxygens (including phenoxy) is 1. The van der Waals surface area contributed by atoms with Gasteiger partial charge in [-0.2, -0.15) is 0 Å². The lowest BCUT2D eigenvalue weighted by Gasteiger charge is -2.33. The van der Waals surface area contributed by atoms with Gasteiger partial charge < -0.3 is 10.1 Å². The van der Waals surface area contributed by atoms with Crippen LogP contribution in [-0.4, -0.2) is 24.8 Å². The third-order valence-corrected chi connectivity index (χ3v) is 3.76. The fourth-order valence-corrected chi connectivity index (χ4v) is 2.26. The monoisotopic (exact) mass is 199 g/mol. The zero-order valence-corrected chi connectivity index (χ0v) is 9.94. The van der Waals surface area contributed by atoms with Gasteiger partial charge in [-0.15, -0.1) is 0 Å². The van der Waals surface area contributed by atoms with E-state index < -0.39 is 0 Å². The topological polar surface area (TPSA) is 21.3 Å². The second-order valence-corrected chi connectivity index (χ2v) is 4.36. The van der Waals surface area contributed by atoms with E-state index in [0.29, 0.717) is 11.6 Å². The van der Waals surface area contributed by atoms with Crippen molar-refractivity contribution in [1.29, 1.82) is 0 Å². The van der Waals surface area contributed by atoms with Crippen LogP contribution >= 0.6 is 0 Å². The van der Waals surface area contributed by atoms with E-state index in [1.807, 2.05) is 0 Å². The first kappa shape index (κ1) is 12.0. The molecule has 14 heavy (non-hydrogen) atoms. The van der Waals surface area contributed by atoms with Gasteiger partial charge in [0.2, 0.25) is 0 Å². The molecule has 0 bridgehead atoms. The second-order valence-electron chi connectivity index (χ2n) is 4.36. The molecule has 0 aromatic heterocycles. The predicted molar refractivity (Wildman–Crippen MR) is 60.6 cm³/mol. The molecule has 2 heteroatoms. The highest BCUT2D eigenvalue weighted by molar-refractivity contribution is 4.85. The van der Waals surface area contributed by atoms with Crippen LogP contribution in [0.25, 0.3) is 0 Å². The van der Waals surface area contributed by atoms with Crippen molar-refractivity contribution in [3.05, 3.63) is 0 Å². The lowest BCUT2D eigenvalue weighted by Crippen LogP contribution is -2.46. The molecule has 1 saturated heterocycles. The highest BCUT2D eigenvalue weighted by Gasteiger charge is 2.25. The molecule has 1 atom stereocenters. The summed E-state index contributed by atoms with van der Waals surface area (Å²) in [6.45, 7) is 8.82. The highest BCUT2D eigenvalue weighted by Crippen LogP contribution is 2.20. The van der Waals surface area contributed by atoms with E-state index >= 15 is 0 Å². The molecule has 0 aliphatic carbocycles. The molecule has 0 saturated carbocycles. The number of hydrogen-bond donors (Lipinski definition) is 1. The molecular formula is C12H25NO. The lowest BCUT2D eigenvalue weighted by molar-refractivity contribution is 0.0983. The fraction of sp³-hybridized carbons (Fsp3) is 1.00. The van der Waals surface area contributed by atoms with Crippen molar-refractivity contribution in [3.63, 3.8) is 0 Å². The summed E-state index contributed by atoms with van der Waals surface area (Å²) in [5, 5.41) is 3.70. The molecule has 1 fully saturated rings. The Kier molecular flexibility index (Phi) is 4.90. The Labute approximate surface area is 88.4 Å². The van der Waals surface area contributed by atoms with Gasteiger partial charge in [0.25, 0.3) is 0 Å². The highest BCUT2D eigenvalue weighted by atomic mass is 16.5. The minimum atomic E-state index is 0.353. The van der Waals surface area contributed by atoms with Crippen molar-refractivity contribution in [1.82, 2.24) is 5.32 Å². The van der Waals surface area contributed by atoms with Gasteiger partial charge >= 0.3 is 0 Å². The average molecular weight is 199 g/mol. The van der Waals surface area contributed by atoms with Gasteiger partial charge in [0.05, 0.1) is 6.10 Å². The summed E-state index contributed by atoms with van der Waals surface area (Å²) in [7, 11) is 0. The normalized spacial score (nSPS) is 22.9. The molecule has 0 amide bonds. The largest absolute Gasteiger partial charge is 0.377 e.